The maximum atomic E-state index is 11.9. The number of halogens is 1. The van der Waals surface area contributed by atoms with E-state index in [2.05, 4.69) is 36.4 Å². The first-order valence-corrected chi connectivity index (χ1v) is 7.14. The van der Waals surface area contributed by atoms with Crippen molar-refractivity contribution in [2.75, 3.05) is 5.32 Å². The number of amides is 1. The molecule has 0 aliphatic heterocycles. The first-order chi connectivity index (χ1) is 9.72. The van der Waals surface area contributed by atoms with E-state index in [4.69, 9.17) is 4.42 Å². The highest BCUT2D eigenvalue weighted by Crippen LogP contribution is 2.26. The smallest absolute Gasteiger partial charge is 0.293 e. The Balaban J connectivity index is 1.76. The van der Waals surface area contributed by atoms with E-state index in [1.807, 2.05) is 12.1 Å². The van der Waals surface area contributed by atoms with Crippen molar-refractivity contribution in [3.8, 4) is 10.6 Å². The Morgan fingerprint density at radius 2 is 2.00 bits per heavy atom. The van der Waals surface area contributed by atoms with Gasteiger partial charge in [0.25, 0.3) is 5.91 Å². The third-order valence-electron chi connectivity index (χ3n) is 2.37. The summed E-state index contributed by atoms with van der Waals surface area (Å²) in [4.78, 5) is 15.8. The van der Waals surface area contributed by atoms with Crippen LogP contribution in [-0.4, -0.2) is 21.1 Å². The van der Waals surface area contributed by atoms with Crippen molar-refractivity contribution >= 4 is 38.3 Å². The lowest BCUT2D eigenvalue weighted by Crippen LogP contribution is -2.10. The minimum atomic E-state index is -0.367. The highest BCUT2D eigenvalue weighted by Gasteiger charge is 2.14. The minimum absolute atomic E-state index is 0.206. The van der Waals surface area contributed by atoms with Gasteiger partial charge in [-0.1, -0.05) is 11.3 Å². The number of carbonyl (C=O) groups excluding carboxylic acids is 1. The molecule has 0 atom stereocenters. The molecule has 100 valence electrons. The maximum Gasteiger partial charge on any atom is 0.293 e. The number of aromatic nitrogens is 3. The molecule has 3 rings (SSSR count). The number of rotatable bonds is 3. The number of nitrogens with zero attached hydrogens (tertiary/aromatic N) is 3. The predicted molar refractivity (Wildman–Crippen MR) is 77.5 cm³/mol. The molecule has 20 heavy (non-hydrogen) atoms. The molecule has 3 aromatic heterocycles. The van der Waals surface area contributed by atoms with Crippen LogP contribution in [-0.2, 0) is 0 Å². The summed E-state index contributed by atoms with van der Waals surface area (Å²) >= 11 is 4.42. The van der Waals surface area contributed by atoms with Gasteiger partial charge in [-0.15, -0.1) is 10.2 Å². The summed E-state index contributed by atoms with van der Waals surface area (Å²) in [6, 6.07) is 6.88. The topological polar surface area (TPSA) is 80.9 Å². The van der Waals surface area contributed by atoms with Gasteiger partial charge in [0.15, 0.2) is 10.4 Å². The zero-order valence-corrected chi connectivity index (χ0v) is 12.3. The number of furan rings is 1. The van der Waals surface area contributed by atoms with Crippen LogP contribution in [0.2, 0.25) is 0 Å². The second-order valence-corrected chi connectivity index (χ2v) is 5.47. The summed E-state index contributed by atoms with van der Waals surface area (Å²) in [6.45, 7) is 0. The minimum Gasteiger partial charge on any atom is -0.444 e. The SMILES string of the molecule is O=C(Nc1nnc(-c2ccncc2)s1)c1ccc(Br)o1. The third-order valence-corrected chi connectivity index (χ3v) is 3.68. The van der Waals surface area contributed by atoms with Crippen LogP contribution >= 0.6 is 27.3 Å². The average Bonchev–Trinajstić information content (AvgIpc) is 3.09. The largest absolute Gasteiger partial charge is 0.444 e. The van der Waals surface area contributed by atoms with E-state index in [-0.39, 0.29) is 11.7 Å². The van der Waals surface area contributed by atoms with Gasteiger partial charge >= 0.3 is 0 Å². The van der Waals surface area contributed by atoms with Gasteiger partial charge in [-0.3, -0.25) is 15.1 Å². The number of anilines is 1. The quantitative estimate of drug-likeness (QED) is 0.784. The van der Waals surface area contributed by atoms with E-state index >= 15 is 0 Å². The van der Waals surface area contributed by atoms with Gasteiger partial charge in [-0.05, 0) is 40.2 Å². The first-order valence-electron chi connectivity index (χ1n) is 5.53. The van der Waals surface area contributed by atoms with Crippen molar-refractivity contribution in [2.24, 2.45) is 0 Å². The van der Waals surface area contributed by atoms with Crippen LogP contribution in [0.1, 0.15) is 10.6 Å². The molecule has 3 heterocycles. The lowest BCUT2D eigenvalue weighted by atomic mass is 10.3. The zero-order valence-electron chi connectivity index (χ0n) is 9.91. The van der Waals surface area contributed by atoms with Crippen LogP contribution in [0.4, 0.5) is 5.13 Å². The van der Waals surface area contributed by atoms with Gasteiger partial charge < -0.3 is 4.42 Å². The molecule has 6 nitrogen and oxygen atoms in total. The summed E-state index contributed by atoms with van der Waals surface area (Å²) in [5.41, 5.74) is 0.902. The van der Waals surface area contributed by atoms with E-state index in [1.54, 1.807) is 24.5 Å². The van der Waals surface area contributed by atoms with E-state index in [0.717, 1.165) is 5.56 Å². The van der Waals surface area contributed by atoms with E-state index < -0.39 is 0 Å². The molecule has 1 N–H and O–H groups in total. The van der Waals surface area contributed by atoms with Crippen molar-refractivity contribution in [1.82, 2.24) is 15.2 Å². The molecule has 0 spiro atoms. The Labute approximate surface area is 126 Å². The standard InChI is InChI=1S/C12H7BrN4O2S/c13-9-2-1-8(19-9)10(18)15-12-17-16-11(20-12)7-3-5-14-6-4-7/h1-6H,(H,15,17,18). The number of nitrogens with one attached hydrogen (secondary N) is 1. The molecular weight excluding hydrogens is 344 g/mol. The predicted octanol–water partition coefficient (Wildman–Crippen LogP) is 3.21. The first kappa shape index (κ1) is 12.9. The highest BCUT2D eigenvalue weighted by molar-refractivity contribution is 9.10. The lowest BCUT2D eigenvalue weighted by Gasteiger charge is -1.96. The van der Waals surface area contributed by atoms with Crippen LogP contribution < -0.4 is 5.32 Å². The van der Waals surface area contributed by atoms with Crippen molar-refractivity contribution in [1.29, 1.82) is 0 Å². The third kappa shape index (κ3) is 2.75. The lowest BCUT2D eigenvalue weighted by molar-refractivity contribution is 0.0995. The number of carbonyl (C=O) groups is 1. The summed E-state index contributed by atoms with van der Waals surface area (Å²) in [5.74, 6) is -0.161. The summed E-state index contributed by atoms with van der Waals surface area (Å²) in [6.07, 6.45) is 3.35. The van der Waals surface area contributed by atoms with Crippen LogP contribution in [0.5, 0.6) is 0 Å². The fourth-order valence-corrected chi connectivity index (χ4v) is 2.53. The second kappa shape index (κ2) is 5.51. The van der Waals surface area contributed by atoms with Gasteiger partial charge in [0.05, 0.1) is 0 Å². The molecule has 0 aromatic carbocycles. The Kier molecular flexibility index (Phi) is 3.57. The fraction of sp³-hybridized carbons (Fsp3) is 0. The highest BCUT2D eigenvalue weighted by atomic mass is 79.9. The van der Waals surface area contributed by atoms with E-state index in [9.17, 15) is 4.79 Å². The zero-order chi connectivity index (χ0) is 13.9. The fourth-order valence-electron chi connectivity index (χ4n) is 1.48. The maximum absolute atomic E-state index is 11.9. The molecule has 0 bridgehead atoms. The summed E-state index contributed by atoms with van der Waals surface area (Å²) in [5, 5.41) is 11.7. The molecule has 8 heteroatoms. The Morgan fingerprint density at radius 3 is 2.70 bits per heavy atom. The molecule has 0 unspecified atom stereocenters. The monoisotopic (exact) mass is 350 g/mol. The van der Waals surface area contributed by atoms with Crippen molar-refractivity contribution in [3.05, 3.63) is 47.1 Å². The Hall–Kier alpha value is -2.06. The van der Waals surface area contributed by atoms with Gasteiger partial charge in [0.2, 0.25) is 5.13 Å². The normalized spacial score (nSPS) is 10.4. The Bertz CT molecular complexity index is 741. The van der Waals surface area contributed by atoms with Crippen LogP contribution in [0.3, 0.4) is 0 Å². The number of pyridine rings is 1. The molecule has 0 aliphatic carbocycles. The molecule has 1 amide bonds. The number of hydrogen-bond acceptors (Lipinski definition) is 6. The molecule has 0 saturated carbocycles. The van der Waals surface area contributed by atoms with Crippen LogP contribution in [0, 0.1) is 0 Å². The average molecular weight is 351 g/mol. The molecule has 3 aromatic rings. The van der Waals surface area contributed by atoms with Gasteiger partial charge in [-0.25, -0.2) is 0 Å². The number of hydrogen-bond donors (Lipinski definition) is 1. The van der Waals surface area contributed by atoms with Crippen molar-refractivity contribution in [2.45, 2.75) is 0 Å². The van der Waals surface area contributed by atoms with E-state index in [1.165, 1.54) is 11.3 Å². The van der Waals surface area contributed by atoms with Crippen molar-refractivity contribution in [3.63, 3.8) is 0 Å². The van der Waals surface area contributed by atoms with Crippen LogP contribution in [0.15, 0.2) is 45.7 Å². The Morgan fingerprint density at radius 1 is 1.20 bits per heavy atom. The van der Waals surface area contributed by atoms with Crippen LogP contribution in [0.25, 0.3) is 10.6 Å². The molecule has 0 fully saturated rings. The molecule has 0 saturated heterocycles. The van der Waals surface area contributed by atoms with Gasteiger partial charge in [0.1, 0.15) is 5.01 Å². The van der Waals surface area contributed by atoms with E-state index in [0.29, 0.717) is 14.8 Å². The van der Waals surface area contributed by atoms with Crippen molar-refractivity contribution < 1.29 is 9.21 Å². The molecular formula is C12H7BrN4O2S. The van der Waals surface area contributed by atoms with Gasteiger partial charge in [0, 0.05) is 18.0 Å². The summed E-state index contributed by atoms with van der Waals surface area (Å²) < 4.78 is 5.66. The van der Waals surface area contributed by atoms with Gasteiger partial charge in [-0.2, -0.15) is 0 Å². The second-order valence-electron chi connectivity index (χ2n) is 3.71. The molecule has 0 radical (unpaired) electrons. The summed E-state index contributed by atoms with van der Waals surface area (Å²) in [7, 11) is 0. The molecule has 0 aliphatic rings.